The normalized spacial score (nSPS) is 15.1. The van der Waals surface area contributed by atoms with Gasteiger partial charge in [0.05, 0.1) is 30.9 Å². The van der Waals surface area contributed by atoms with Crippen LogP contribution in [0.5, 0.6) is 5.75 Å². The first-order valence-electron chi connectivity index (χ1n) is 13.9. The Morgan fingerprint density at radius 3 is 2.52 bits per heavy atom. The standard InChI is InChI=1S/C32H33ClF3N3O3/c1-41-24-9-6-22(7-10-24)20-39-21-27(25-4-2-3-5-30(25)39)26(23-8-11-29(33)28(18-23)32(34,35)36)19-31(40)37-12-13-38-14-16-42-17-15-38/h2-11,18,21,26H,12-17,19-20H2,1H3,(H,37,40)/t26-/m1/s1. The Bertz CT molecular complexity index is 1520. The maximum absolute atomic E-state index is 13.9. The second-order valence-electron chi connectivity index (χ2n) is 10.4. The number of aromatic nitrogens is 1. The van der Waals surface area contributed by atoms with Crippen LogP contribution in [-0.2, 0) is 22.3 Å². The molecular weight excluding hydrogens is 567 g/mol. The molecule has 0 bridgehead atoms. The van der Waals surface area contributed by atoms with Gasteiger partial charge in [0.15, 0.2) is 0 Å². The summed E-state index contributed by atoms with van der Waals surface area (Å²) in [6.07, 6.45) is -2.69. The third kappa shape index (κ3) is 7.09. The average Bonchev–Trinajstić information content (AvgIpc) is 3.34. The SMILES string of the molecule is COc1ccc(Cn2cc([C@H](CC(=O)NCCN3CCOCC3)c3ccc(Cl)c(C(F)(F)F)c3)c3ccccc32)cc1. The quantitative estimate of drug-likeness (QED) is 0.231. The smallest absolute Gasteiger partial charge is 0.417 e. The van der Waals surface area contributed by atoms with E-state index >= 15 is 0 Å². The van der Waals surface area contributed by atoms with Crippen LogP contribution in [0, 0.1) is 0 Å². The van der Waals surface area contributed by atoms with Crippen LogP contribution in [0.1, 0.15) is 34.6 Å². The van der Waals surface area contributed by atoms with E-state index in [1.54, 1.807) is 13.2 Å². The summed E-state index contributed by atoms with van der Waals surface area (Å²) in [5.41, 5.74) is 2.19. The van der Waals surface area contributed by atoms with E-state index in [4.69, 9.17) is 21.1 Å². The van der Waals surface area contributed by atoms with Crippen LogP contribution in [0.3, 0.4) is 0 Å². The molecule has 1 N–H and O–H groups in total. The van der Waals surface area contributed by atoms with Crippen LogP contribution in [0.15, 0.2) is 72.9 Å². The van der Waals surface area contributed by atoms with Gasteiger partial charge in [-0.3, -0.25) is 9.69 Å². The number of hydrogen-bond acceptors (Lipinski definition) is 4. The summed E-state index contributed by atoms with van der Waals surface area (Å²) in [4.78, 5) is 15.5. The van der Waals surface area contributed by atoms with Gasteiger partial charge in [0, 0.05) is 62.2 Å². The summed E-state index contributed by atoms with van der Waals surface area (Å²) in [6.45, 7) is 4.59. The van der Waals surface area contributed by atoms with E-state index in [2.05, 4.69) is 14.8 Å². The first-order chi connectivity index (χ1) is 20.2. The lowest BCUT2D eigenvalue weighted by Crippen LogP contribution is -2.41. The number of ether oxygens (including phenoxy) is 2. The fraction of sp³-hybridized carbons (Fsp3) is 0.344. The predicted molar refractivity (Wildman–Crippen MR) is 157 cm³/mol. The van der Waals surface area contributed by atoms with Crippen molar-refractivity contribution in [3.8, 4) is 5.75 Å². The van der Waals surface area contributed by atoms with Crippen LogP contribution in [0.4, 0.5) is 13.2 Å². The zero-order chi connectivity index (χ0) is 29.7. The third-order valence-electron chi connectivity index (χ3n) is 7.65. The molecule has 1 aliphatic rings. The Hall–Kier alpha value is -3.53. The van der Waals surface area contributed by atoms with E-state index in [9.17, 15) is 18.0 Å². The molecule has 10 heteroatoms. The summed E-state index contributed by atoms with van der Waals surface area (Å²) in [6, 6.07) is 19.4. The van der Waals surface area contributed by atoms with Crippen LogP contribution >= 0.6 is 11.6 Å². The topological polar surface area (TPSA) is 55.7 Å². The monoisotopic (exact) mass is 599 g/mol. The molecule has 222 valence electrons. The number of nitrogens with zero attached hydrogens (tertiary/aromatic N) is 2. The Labute approximate surface area is 248 Å². The Morgan fingerprint density at radius 1 is 1.07 bits per heavy atom. The molecule has 3 aromatic carbocycles. The molecular formula is C32H33ClF3N3O3. The highest BCUT2D eigenvalue weighted by molar-refractivity contribution is 6.31. The average molecular weight is 600 g/mol. The fourth-order valence-corrected chi connectivity index (χ4v) is 5.66. The number of hydrogen-bond donors (Lipinski definition) is 1. The maximum Gasteiger partial charge on any atom is 0.417 e. The summed E-state index contributed by atoms with van der Waals surface area (Å²) >= 11 is 5.96. The lowest BCUT2D eigenvalue weighted by molar-refractivity contribution is -0.137. The lowest BCUT2D eigenvalue weighted by atomic mass is 9.87. The number of nitrogens with one attached hydrogen (secondary N) is 1. The van der Waals surface area contributed by atoms with Gasteiger partial charge in [0.25, 0.3) is 0 Å². The molecule has 6 nitrogen and oxygen atoms in total. The first kappa shape index (κ1) is 29.9. The number of alkyl halides is 3. The highest BCUT2D eigenvalue weighted by atomic mass is 35.5. The molecule has 5 rings (SSSR count). The largest absolute Gasteiger partial charge is 0.497 e. The van der Waals surface area contributed by atoms with Gasteiger partial charge in [-0.25, -0.2) is 0 Å². The Balaban J connectivity index is 1.48. The minimum atomic E-state index is -4.62. The Kier molecular flexibility index (Phi) is 9.40. The van der Waals surface area contributed by atoms with Crippen molar-refractivity contribution >= 4 is 28.4 Å². The maximum atomic E-state index is 13.9. The van der Waals surface area contributed by atoms with Gasteiger partial charge in [-0.2, -0.15) is 13.2 Å². The van der Waals surface area contributed by atoms with Crippen LogP contribution < -0.4 is 10.1 Å². The summed E-state index contributed by atoms with van der Waals surface area (Å²) < 4.78 is 54.3. The molecule has 2 heterocycles. The van der Waals surface area contributed by atoms with Gasteiger partial charge in [-0.1, -0.05) is 48.0 Å². The zero-order valence-corrected chi connectivity index (χ0v) is 24.0. The lowest BCUT2D eigenvalue weighted by Gasteiger charge is -2.26. The molecule has 1 fully saturated rings. The van der Waals surface area contributed by atoms with Gasteiger partial charge < -0.3 is 19.4 Å². The predicted octanol–water partition coefficient (Wildman–Crippen LogP) is 6.34. The van der Waals surface area contributed by atoms with E-state index < -0.39 is 17.7 Å². The minimum Gasteiger partial charge on any atom is -0.497 e. The van der Waals surface area contributed by atoms with Gasteiger partial charge in [0.2, 0.25) is 5.91 Å². The number of benzene rings is 3. The fourth-order valence-electron chi connectivity index (χ4n) is 5.43. The molecule has 0 spiro atoms. The summed E-state index contributed by atoms with van der Waals surface area (Å²) in [5.74, 6) is -0.114. The molecule has 4 aromatic rings. The molecule has 0 saturated carbocycles. The number of carbonyl (C=O) groups excluding carboxylic acids is 1. The Morgan fingerprint density at radius 2 is 1.81 bits per heavy atom. The molecule has 1 aromatic heterocycles. The van der Waals surface area contributed by atoms with Crippen LogP contribution in [-0.4, -0.2) is 61.9 Å². The molecule has 0 aliphatic carbocycles. The van der Waals surface area contributed by atoms with Gasteiger partial charge >= 0.3 is 6.18 Å². The van der Waals surface area contributed by atoms with Crippen molar-refractivity contribution in [1.29, 1.82) is 0 Å². The second-order valence-corrected chi connectivity index (χ2v) is 10.8. The minimum absolute atomic E-state index is 0.0153. The number of para-hydroxylation sites is 1. The molecule has 1 amide bonds. The zero-order valence-electron chi connectivity index (χ0n) is 23.3. The molecule has 1 atom stereocenters. The van der Waals surface area contributed by atoms with Crippen molar-refractivity contribution in [3.63, 3.8) is 0 Å². The number of rotatable bonds is 10. The van der Waals surface area contributed by atoms with Gasteiger partial charge in [0.1, 0.15) is 5.75 Å². The molecule has 1 aliphatic heterocycles. The van der Waals surface area contributed by atoms with Gasteiger partial charge in [-0.15, -0.1) is 0 Å². The number of morpholine rings is 1. The summed E-state index contributed by atoms with van der Waals surface area (Å²) in [5, 5.41) is 3.48. The number of amides is 1. The van der Waals surface area contributed by atoms with Crippen molar-refractivity contribution in [1.82, 2.24) is 14.8 Å². The van der Waals surface area contributed by atoms with E-state index in [1.807, 2.05) is 54.7 Å². The third-order valence-corrected chi connectivity index (χ3v) is 7.98. The second kappa shape index (κ2) is 13.2. The van der Waals surface area contributed by atoms with Crippen LogP contribution in [0.2, 0.25) is 5.02 Å². The highest BCUT2D eigenvalue weighted by Crippen LogP contribution is 2.40. The van der Waals surface area contributed by atoms with E-state index in [0.717, 1.165) is 46.9 Å². The highest BCUT2D eigenvalue weighted by Gasteiger charge is 2.34. The first-order valence-corrected chi connectivity index (χ1v) is 14.2. The van der Waals surface area contributed by atoms with E-state index in [0.29, 0.717) is 38.4 Å². The number of halogens is 4. The van der Waals surface area contributed by atoms with Crippen molar-refractivity contribution in [2.45, 2.75) is 25.1 Å². The molecule has 0 radical (unpaired) electrons. The number of carbonyl (C=O) groups is 1. The van der Waals surface area contributed by atoms with E-state index in [1.165, 1.54) is 6.07 Å². The number of methoxy groups -OCH3 is 1. The van der Waals surface area contributed by atoms with Gasteiger partial charge in [-0.05, 0) is 47.0 Å². The molecule has 1 saturated heterocycles. The van der Waals surface area contributed by atoms with Crippen LogP contribution in [0.25, 0.3) is 10.9 Å². The molecule has 42 heavy (non-hydrogen) atoms. The summed E-state index contributed by atoms with van der Waals surface area (Å²) in [7, 11) is 1.61. The van der Waals surface area contributed by atoms with Crippen molar-refractivity contribution in [2.24, 2.45) is 0 Å². The van der Waals surface area contributed by atoms with E-state index in [-0.39, 0.29) is 17.4 Å². The number of fused-ring (bicyclic) bond motifs is 1. The van der Waals surface area contributed by atoms with Crippen molar-refractivity contribution in [2.75, 3.05) is 46.5 Å². The van der Waals surface area contributed by atoms with Crippen molar-refractivity contribution in [3.05, 3.63) is 100 Å². The molecule has 0 unspecified atom stereocenters. The van der Waals surface area contributed by atoms with Crippen molar-refractivity contribution < 1.29 is 27.4 Å².